The molecule has 0 N–H and O–H groups in total. The standard InChI is InChI=1S/C13H14ClNO2/c1-3-9-6-12(13(16)17-4-2)11(8-15)5-10(9)7-14/h5-6H,3-4,7H2,1-2H3. The molecule has 0 saturated carbocycles. The fraction of sp³-hybridized carbons (Fsp3) is 0.385. The van der Waals surface area contributed by atoms with Gasteiger partial charge in [0.25, 0.3) is 0 Å². The number of hydrogen-bond acceptors (Lipinski definition) is 3. The van der Waals surface area contributed by atoms with E-state index in [1.165, 1.54) is 0 Å². The van der Waals surface area contributed by atoms with Crippen LogP contribution in [0.5, 0.6) is 0 Å². The number of nitriles is 1. The van der Waals surface area contributed by atoms with Crippen molar-refractivity contribution < 1.29 is 9.53 Å². The third-order valence-electron chi connectivity index (χ3n) is 2.48. The molecule has 0 fully saturated rings. The highest BCUT2D eigenvalue weighted by Gasteiger charge is 2.15. The van der Waals surface area contributed by atoms with Crippen molar-refractivity contribution in [1.29, 1.82) is 5.26 Å². The van der Waals surface area contributed by atoms with E-state index in [-0.39, 0.29) is 0 Å². The molecular formula is C13H14ClNO2. The summed E-state index contributed by atoms with van der Waals surface area (Å²) in [6.07, 6.45) is 0.764. The molecule has 17 heavy (non-hydrogen) atoms. The number of rotatable bonds is 4. The average Bonchev–Trinajstić information content (AvgIpc) is 2.37. The Hall–Kier alpha value is -1.53. The lowest BCUT2D eigenvalue weighted by molar-refractivity contribution is 0.0526. The van der Waals surface area contributed by atoms with Crippen LogP contribution in [-0.2, 0) is 17.0 Å². The van der Waals surface area contributed by atoms with E-state index in [0.29, 0.717) is 23.6 Å². The van der Waals surface area contributed by atoms with Crippen molar-refractivity contribution >= 4 is 17.6 Å². The molecule has 0 aliphatic rings. The highest BCUT2D eigenvalue weighted by molar-refractivity contribution is 6.17. The molecule has 0 aliphatic heterocycles. The van der Waals surface area contributed by atoms with E-state index in [9.17, 15) is 4.79 Å². The quantitative estimate of drug-likeness (QED) is 0.610. The van der Waals surface area contributed by atoms with Gasteiger partial charge in [-0.05, 0) is 36.6 Å². The van der Waals surface area contributed by atoms with Gasteiger partial charge >= 0.3 is 5.97 Å². The lowest BCUT2D eigenvalue weighted by atomic mass is 9.98. The molecule has 4 heteroatoms. The van der Waals surface area contributed by atoms with E-state index in [0.717, 1.165) is 17.5 Å². The number of carbonyl (C=O) groups is 1. The highest BCUT2D eigenvalue weighted by Crippen LogP contribution is 2.20. The average molecular weight is 252 g/mol. The van der Waals surface area contributed by atoms with Gasteiger partial charge in [-0.1, -0.05) is 6.92 Å². The summed E-state index contributed by atoms with van der Waals surface area (Å²) in [5, 5.41) is 9.02. The zero-order valence-electron chi connectivity index (χ0n) is 9.92. The first-order valence-electron chi connectivity index (χ1n) is 5.46. The number of carbonyl (C=O) groups excluding carboxylic acids is 1. The van der Waals surface area contributed by atoms with Crippen LogP contribution in [0.15, 0.2) is 12.1 Å². The Morgan fingerprint density at radius 1 is 1.41 bits per heavy atom. The van der Waals surface area contributed by atoms with Crippen molar-refractivity contribution in [2.45, 2.75) is 26.1 Å². The largest absolute Gasteiger partial charge is 0.462 e. The first-order chi connectivity index (χ1) is 8.17. The summed E-state index contributed by atoms with van der Waals surface area (Å²) in [5.74, 6) is -0.124. The van der Waals surface area contributed by atoms with Crippen LogP contribution >= 0.6 is 11.6 Å². The molecule has 0 bridgehead atoms. The smallest absolute Gasteiger partial charge is 0.339 e. The molecule has 0 spiro atoms. The second-order valence-electron chi connectivity index (χ2n) is 3.49. The maximum Gasteiger partial charge on any atom is 0.339 e. The van der Waals surface area contributed by atoms with Crippen molar-refractivity contribution in [1.82, 2.24) is 0 Å². The summed E-state index contributed by atoms with van der Waals surface area (Å²) < 4.78 is 4.92. The van der Waals surface area contributed by atoms with Gasteiger partial charge in [0.15, 0.2) is 0 Å². The van der Waals surface area contributed by atoms with Crippen molar-refractivity contribution in [2.24, 2.45) is 0 Å². The Morgan fingerprint density at radius 3 is 2.59 bits per heavy atom. The number of ether oxygens (including phenoxy) is 1. The summed E-state index contributed by atoms with van der Waals surface area (Å²) >= 11 is 5.81. The van der Waals surface area contributed by atoms with Crippen LogP contribution in [0.3, 0.4) is 0 Å². The fourth-order valence-electron chi connectivity index (χ4n) is 1.61. The van der Waals surface area contributed by atoms with Gasteiger partial charge in [0.2, 0.25) is 0 Å². The van der Waals surface area contributed by atoms with Gasteiger partial charge in [0, 0.05) is 5.88 Å². The minimum atomic E-state index is -0.458. The third kappa shape index (κ3) is 2.98. The number of halogens is 1. The number of nitrogens with zero attached hydrogens (tertiary/aromatic N) is 1. The van der Waals surface area contributed by atoms with E-state index >= 15 is 0 Å². The molecule has 0 heterocycles. The first-order valence-corrected chi connectivity index (χ1v) is 6.00. The van der Waals surface area contributed by atoms with Crippen LogP contribution in [0.2, 0.25) is 0 Å². The zero-order valence-corrected chi connectivity index (χ0v) is 10.7. The lowest BCUT2D eigenvalue weighted by Crippen LogP contribution is -2.09. The highest BCUT2D eigenvalue weighted by atomic mass is 35.5. The molecule has 1 rings (SSSR count). The Bertz CT molecular complexity index is 463. The predicted molar refractivity (Wildman–Crippen MR) is 66.0 cm³/mol. The van der Waals surface area contributed by atoms with E-state index in [1.54, 1.807) is 19.1 Å². The number of alkyl halides is 1. The lowest BCUT2D eigenvalue weighted by Gasteiger charge is -2.10. The van der Waals surface area contributed by atoms with Gasteiger partial charge in [-0.2, -0.15) is 5.26 Å². The number of hydrogen-bond donors (Lipinski definition) is 0. The molecule has 0 radical (unpaired) electrons. The summed E-state index contributed by atoms with van der Waals surface area (Å²) in [6, 6.07) is 5.37. The van der Waals surface area contributed by atoms with Crippen LogP contribution in [0.1, 0.15) is 40.9 Å². The summed E-state index contributed by atoms with van der Waals surface area (Å²) in [7, 11) is 0. The van der Waals surface area contributed by atoms with Crippen LogP contribution in [-0.4, -0.2) is 12.6 Å². The minimum Gasteiger partial charge on any atom is -0.462 e. The molecule has 0 atom stereocenters. The first kappa shape index (κ1) is 13.5. The molecule has 1 aromatic rings. The van der Waals surface area contributed by atoms with E-state index < -0.39 is 5.97 Å². The van der Waals surface area contributed by atoms with Crippen LogP contribution in [0, 0.1) is 11.3 Å². The molecule has 0 amide bonds. The van der Waals surface area contributed by atoms with Gasteiger partial charge < -0.3 is 4.74 Å². The monoisotopic (exact) mass is 251 g/mol. The molecular weight excluding hydrogens is 238 g/mol. The maximum absolute atomic E-state index is 11.7. The molecule has 0 saturated heterocycles. The Balaban J connectivity index is 3.29. The van der Waals surface area contributed by atoms with Crippen molar-refractivity contribution in [3.63, 3.8) is 0 Å². The van der Waals surface area contributed by atoms with Gasteiger partial charge in [-0.25, -0.2) is 4.79 Å². The predicted octanol–water partition coefficient (Wildman–Crippen LogP) is 3.04. The zero-order chi connectivity index (χ0) is 12.8. The second kappa shape index (κ2) is 6.27. The summed E-state index contributed by atoms with van der Waals surface area (Å²) in [5.41, 5.74) is 2.50. The molecule has 1 aromatic carbocycles. The Labute approximate surface area is 106 Å². The Morgan fingerprint density at radius 2 is 2.12 bits per heavy atom. The summed E-state index contributed by atoms with van der Waals surface area (Å²) in [4.78, 5) is 11.7. The van der Waals surface area contributed by atoms with Gasteiger partial charge in [-0.3, -0.25) is 0 Å². The van der Waals surface area contributed by atoms with E-state index in [2.05, 4.69) is 0 Å². The molecule has 3 nitrogen and oxygen atoms in total. The number of aryl methyl sites for hydroxylation is 1. The minimum absolute atomic E-state index is 0.294. The Kier molecular flexibility index (Phi) is 4.99. The van der Waals surface area contributed by atoms with Gasteiger partial charge in [0.1, 0.15) is 6.07 Å². The summed E-state index contributed by atoms with van der Waals surface area (Å²) in [6.45, 7) is 4.01. The molecule has 0 aromatic heterocycles. The van der Waals surface area contributed by atoms with E-state index in [4.69, 9.17) is 21.6 Å². The molecule has 0 aliphatic carbocycles. The second-order valence-corrected chi connectivity index (χ2v) is 3.75. The fourth-order valence-corrected chi connectivity index (χ4v) is 1.86. The number of esters is 1. The van der Waals surface area contributed by atoms with Crippen molar-refractivity contribution in [3.05, 3.63) is 34.4 Å². The van der Waals surface area contributed by atoms with Crippen molar-refractivity contribution in [3.8, 4) is 6.07 Å². The molecule has 0 unspecified atom stereocenters. The maximum atomic E-state index is 11.7. The third-order valence-corrected chi connectivity index (χ3v) is 2.77. The van der Waals surface area contributed by atoms with E-state index in [1.807, 2.05) is 13.0 Å². The van der Waals surface area contributed by atoms with Gasteiger partial charge in [-0.15, -0.1) is 11.6 Å². The van der Waals surface area contributed by atoms with Crippen LogP contribution in [0.4, 0.5) is 0 Å². The SMILES string of the molecule is CCOC(=O)c1cc(CC)c(CCl)cc1C#N. The van der Waals surface area contributed by atoms with Crippen molar-refractivity contribution in [2.75, 3.05) is 6.61 Å². The molecule has 90 valence electrons. The van der Waals surface area contributed by atoms with Gasteiger partial charge in [0.05, 0.1) is 17.7 Å². The normalized spacial score (nSPS) is 9.76. The number of benzene rings is 1. The van der Waals surface area contributed by atoms with Crippen LogP contribution < -0.4 is 0 Å². The topological polar surface area (TPSA) is 50.1 Å². The van der Waals surface area contributed by atoms with Crippen LogP contribution in [0.25, 0.3) is 0 Å².